The van der Waals surface area contributed by atoms with Crippen LogP contribution < -0.4 is 10.6 Å². The Morgan fingerprint density at radius 2 is 2.08 bits per heavy atom. The average Bonchev–Trinajstić information content (AvgIpc) is 2.10. The van der Waals surface area contributed by atoms with E-state index in [0.29, 0.717) is 6.54 Å². The Kier molecular flexibility index (Phi) is 5.82. The second-order valence-corrected chi connectivity index (χ2v) is 2.51. The number of hydrogen-bond donors (Lipinski definition) is 4. The molecule has 0 saturated carbocycles. The number of carboxylic acids is 1. The van der Waals surface area contributed by atoms with Gasteiger partial charge in [-0.25, -0.2) is 4.79 Å². The Bertz CT molecular complexity index is 183. The second kappa shape index (κ2) is 6.38. The first-order valence-electron chi connectivity index (χ1n) is 3.90. The number of nitrogens with one attached hydrogen (secondary N) is 2. The normalized spacial score (nSPS) is 12.2. The van der Waals surface area contributed by atoms with Crippen molar-refractivity contribution in [2.45, 2.75) is 12.5 Å². The molecule has 1 atom stereocenters. The largest absolute Gasteiger partial charge is 0.479 e. The molecule has 0 aromatic carbocycles. The van der Waals surface area contributed by atoms with Crippen molar-refractivity contribution in [3.63, 3.8) is 0 Å². The second-order valence-electron chi connectivity index (χ2n) is 2.51. The zero-order valence-electron chi connectivity index (χ0n) is 7.41. The fraction of sp³-hybridized carbons (Fsp3) is 0.714. The number of aliphatic hydroxyl groups is 1. The van der Waals surface area contributed by atoms with Gasteiger partial charge in [-0.05, 0) is 7.05 Å². The minimum Gasteiger partial charge on any atom is -0.479 e. The minimum absolute atomic E-state index is 0.252. The molecule has 6 nitrogen and oxygen atoms in total. The van der Waals surface area contributed by atoms with Crippen LogP contribution in [0.1, 0.15) is 6.42 Å². The third-order valence-corrected chi connectivity index (χ3v) is 1.38. The lowest BCUT2D eigenvalue weighted by Crippen LogP contribution is -2.37. The van der Waals surface area contributed by atoms with Gasteiger partial charge >= 0.3 is 5.97 Å². The van der Waals surface area contributed by atoms with Crippen LogP contribution in [0.3, 0.4) is 0 Å². The topological polar surface area (TPSA) is 98.7 Å². The number of rotatable bonds is 6. The zero-order valence-corrected chi connectivity index (χ0v) is 7.41. The summed E-state index contributed by atoms with van der Waals surface area (Å²) < 4.78 is 0. The lowest BCUT2D eigenvalue weighted by Gasteiger charge is -2.07. The molecule has 0 aliphatic rings. The number of amides is 1. The standard InChI is InChI=1S/C7H14N2O4/c1-8-3-2-6(11)9-4-5(10)7(12)13/h5,8,10H,2-4H2,1H3,(H,9,11)(H,12,13)/t5-/m0/s1. The molecule has 0 rings (SSSR count). The highest BCUT2D eigenvalue weighted by Crippen LogP contribution is 1.82. The molecule has 0 aromatic heterocycles. The predicted molar refractivity (Wildman–Crippen MR) is 45.2 cm³/mol. The van der Waals surface area contributed by atoms with Crippen molar-refractivity contribution in [2.24, 2.45) is 0 Å². The molecule has 1 amide bonds. The molecular formula is C7H14N2O4. The molecule has 4 N–H and O–H groups in total. The van der Waals surface area contributed by atoms with Gasteiger partial charge in [-0.15, -0.1) is 0 Å². The number of carboxylic acid groups (broad SMARTS) is 1. The highest BCUT2D eigenvalue weighted by molar-refractivity contribution is 5.78. The van der Waals surface area contributed by atoms with Gasteiger partial charge in [-0.1, -0.05) is 0 Å². The van der Waals surface area contributed by atoms with Crippen molar-refractivity contribution < 1.29 is 19.8 Å². The molecule has 0 unspecified atom stereocenters. The fourth-order valence-electron chi connectivity index (χ4n) is 0.625. The van der Waals surface area contributed by atoms with E-state index in [1.165, 1.54) is 0 Å². The number of carbonyl (C=O) groups excluding carboxylic acids is 1. The first kappa shape index (κ1) is 11.9. The van der Waals surface area contributed by atoms with Crippen molar-refractivity contribution in [3.05, 3.63) is 0 Å². The molecule has 0 bridgehead atoms. The Labute approximate surface area is 75.9 Å². The van der Waals surface area contributed by atoms with E-state index >= 15 is 0 Å². The van der Waals surface area contributed by atoms with E-state index in [0.717, 1.165) is 0 Å². The Balaban J connectivity index is 3.52. The van der Waals surface area contributed by atoms with Crippen LogP contribution in [0.4, 0.5) is 0 Å². The molecule has 0 spiro atoms. The van der Waals surface area contributed by atoms with Gasteiger partial charge in [0.25, 0.3) is 0 Å². The van der Waals surface area contributed by atoms with E-state index in [9.17, 15) is 9.59 Å². The maximum atomic E-state index is 10.9. The lowest BCUT2D eigenvalue weighted by molar-refractivity contribution is -0.146. The Hall–Kier alpha value is -1.14. The van der Waals surface area contributed by atoms with Gasteiger partial charge in [0.1, 0.15) is 0 Å². The molecule has 0 radical (unpaired) electrons. The third kappa shape index (κ3) is 6.06. The highest BCUT2D eigenvalue weighted by Gasteiger charge is 2.13. The van der Waals surface area contributed by atoms with Crippen molar-refractivity contribution >= 4 is 11.9 Å². The van der Waals surface area contributed by atoms with E-state index in [1.807, 2.05) is 0 Å². The number of carbonyl (C=O) groups is 2. The molecule has 0 fully saturated rings. The smallest absolute Gasteiger partial charge is 0.334 e. The summed E-state index contributed by atoms with van der Waals surface area (Å²) in [7, 11) is 1.71. The minimum atomic E-state index is -1.53. The molecule has 0 saturated heterocycles. The van der Waals surface area contributed by atoms with Crippen LogP contribution in [0, 0.1) is 0 Å². The summed E-state index contributed by atoms with van der Waals surface area (Å²) in [6.07, 6.45) is -1.26. The maximum absolute atomic E-state index is 10.9. The summed E-state index contributed by atoms with van der Waals surface area (Å²) in [6.45, 7) is 0.271. The molecule has 0 aliphatic heterocycles. The van der Waals surface area contributed by atoms with Gasteiger partial charge in [0.15, 0.2) is 6.10 Å². The van der Waals surface area contributed by atoms with Crippen LogP contribution in [0.25, 0.3) is 0 Å². The quantitative estimate of drug-likeness (QED) is 0.394. The van der Waals surface area contributed by atoms with Crippen LogP contribution in [0.15, 0.2) is 0 Å². The average molecular weight is 190 g/mol. The summed E-state index contributed by atoms with van der Waals surface area (Å²) in [5.74, 6) is -1.62. The zero-order chi connectivity index (χ0) is 10.3. The SMILES string of the molecule is CNCCC(=O)NC[C@H](O)C(=O)O. The summed E-state index contributed by atoms with van der Waals surface area (Å²) in [4.78, 5) is 21.0. The van der Waals surface area contributed by atoms with Crippen LogP contribution in [-0.2, 0) is 9.59 Å². The van der Waals surface area contributed by atoms with Gasteiger partial charge in [0.2, 0.25) is 5.91 Å². The van der Waals surface area contributed by atoms with Crippen molar-refractivity contribution in [2.75, 3.05) is 20.1 Å². The maximum Gasteiger partial charge on any atom is 0.334 e. The van der Waals surface area contributed by atoms with E-state index in [1.54, 1.807) is 7.05 Å². The summed E-state index contributed by atoms with van der Waals surface area (Å²) in [5.41, 5.74) is 0. The van der Waals surface area contributed by atoms with Crippen molar-refractivity contribution in [1.29, 1.82) is 0 Å². The molecule has 13 heavy (non-hydrogen) atoms. The first-order chi connectivity index (χ1) is 6.07. The summed E-state index contributed by atoms with van der Waals surface area (Å²) >= 11 is 0. The van der Waals surface area contributed by atoms with E-state index in [4.69, 9.17) is 10.2 Å². The molecule has 76 valence electrons. The molecule has 0 heterocycles. The van der Waals surface area contributed by atoms with Gasteiger partial charge in [-0.2, -0.15) is 0 Å². The first-order valence-corrected chi connectivity index (χ1v) is 3.90. The van der Waals surface area contributed by atoms with Gasteiger partial charge in [0, 0.05) is 13.0 Å². The monoisotopic (exact) mass is 190 g/mol. The van der Waals surface area contributed by atoms with E-state index < -0.39 is 12.1 Å². The number of aliphatic hydroxyl groups excluding tert-OH is 1. The van der Waals surface area contributed by atoms with Gasteiger partial charge in [-0.3, -0.25) is 4.79 Å². The van der Waals surface area contributed by atoms with Crippen LogP contribution in [0.2, 0.25) is 0 Å². The van der Waals surface area contributed by atoms with Gasteiger partial charge in [0.05, 0.1) is 6.54 Å². The molecule has 0 aromatic rings. The third-order valence-electron chi connectivity index (χ3n) is 1.38. The van der Waals surface area contributed by atoms with Crippen LogP contribution in [0.5, 0.6) is 0 Å². The highest BCUT2D eigenvalue weighted by atomic mass is 16.4. The van der Waals surface area contributed by atoms with E-state index in [-0.39, 0.29) is 18.9 Å². The van der Waals surface area contributed by atoms with Crippen LogP contribution >= 0.6 is 0 Å². The van der Waals surface area contributed by atoms with Crippen LogP contribution in [-0.4, -0.2) is 48.3 Å². The van der Waals surface area contributed by atoms with Crippen molar-refractivity contribution in [3.8, 4) is 0 Å². The summed E-state index contributed by atoms with van der Waals surface area (Å²) in [5, 5.41) is 22.1. The van der Waals surface area contributed by atoms with Gasteiger partial charge < -0.3 is 20.8 Å². The number of hydrogen-bond acceptors (Lipinski definition) is 4. The fourth-order valence-corrected chi connectivity index (χ4v) is 0.625. The Morgan fingerprint density at radius 1 is 1.46 bits per heavy atom. The van der Waals surface area contributed by atoms with E-state index in [2.05, 4.69) is 10.6 Å². The molecule has 6 heteroatoms. The lowest BCUT2D eigenvalue weighted by atomic mass is 10.3. The Morgan fingerprint density at radius 3 is 2.54 bits per heavy atom. The molecular weight excluding hydrogens is 176 g/mol. The molecule has 0 aliphatic carbocycles. The number of aliphatic carboxylic acids is 1. The predicted octanol–water partition coefficient (Wildman–Crippen LogP) is -1.84. The summed E-state index contributed by atoms with van der Waals surface area (Å²) in [6, 6.07) is 0. The van der Waals surface area contributed by atoms with Crippen molar-refractivity contribution in [1.82, 2.24) is 10.6 Å².